The van der Waals surface area contributed by atoms with Crippen LogP contribution < -0.4 is 10.5 Å². The summed E-state index contributed by atoms with van der Waals surface area (Å²) < 4.78 is 10.2. The lowest BCUT2D eigenvalue weighted by Crippen LogP contribution is -2.13. The quantitative estimate of drug-likeness (QED) is 0.571. The molecule has 0 radical (unpaired) electrons. The summed E-state index contributed by atoms with van der Waals surface area (Å²) in [5.74, 6) is 0.812. The van der Waals surface area contributed by atoms with Crippen molar-refractivity contribution in [3.05, 3.63) is 28.8 Å². The van der Waals surface area contributed by atoms with Crippen LogP contribution in [0.15, 0.2) is 18.2 Å². The zero-order valence-corrected chi connectivity index (χ0v) is 12.9. The van der Waals surface area contributed by atoms with Crippen LogP contribution in [0, 0.1) is 0 Å². The Balaban J connectivity index is 2.17. The van der Waals surface area contributed by atoms with Crippen LogP contribution in [0.2, 0.25) is 5.02 Å². The molecule has 106 valence electrons. The molecule has 6 heteroatoms. The number of hydrogen-bond donors (Lipinski definition) is 1. The highest BCUT2D eigenvalue weighted by molar-refractivity contribution is 9.08. The van der Waals surface area contributed by atoms with Crippen molar-refractivity contribution in [3.8, 4) is 5.75 Å². The average molecular weight is 351 g/mol. The summed E-state index contributed by atoms with van der Waals surface area (Å²) in [6.07, 6.45) is 1.89. The van der Waals surface area contributed by atoms with Gasteiger partial charge >= 0.3 is 6.09 Å². The van der Waals surface area contributed by atoms with Crippen LogP contribution in [0.3, 0.4) is 0 Å². The first-order valence-electron chi connectivity index (χ1n) is 6.03. The fourth-order valence-electron chi connectivity index (χ4n) is 1.49. The SMILES string of the molecule is NC(=O)OCCCCCOc1ccc(Cl)c(CBr)c1. The Morgan fingerprint density at radius 2 is 2.00 bits per heavy atom. The Morgan fingerprint density at radius 3 is 2.68 bits per heavy atom. The third-order valence-corrected chi connectivity index (χ3v) is 3.44. The summed E-state index contributed by atoms with van der Waals surface area (Å²) in [5.41, 5.74) is 5.86. The molecule has 0 saturated heterocycles. The molecule has 0 aliphatic heterocycles. The van der Waals surface area contributed by atoms with E-state index in [9.17, 15) is 4.79 Å². The molecule has 1 aromatic rings. The van der Waals surface area contributed by atoms with Gasteiger partial charge in [-0.1, -0.05) is 27.5 Å². The third kappa shape index (κ3) is 6.68. The maximum atomic E-state index is 10.3. The van der Waals surface area contributed by atoms with Crippen molar-refractivity contribution in [3.63, 3.8) is 0 Å². The molecular formula is C13H17BrClNO3. The zero-order chi connectivity index (χ0) is 14.1. The van der Waals surface area contributed by atoms with Gasteiger partial charge in [0.1, 0.15) is 5.75 Å². The predicted molar refractivity (Wildman–Crippen MR) is 79.0 cm³/mol. The van der Waals surface area contributed by atoms with Crippen LogP contribution in [0.1, 0.15) is 24.8 Å². The van der Waals surface area contributed by atoms with Crippen LogP contribution in [-0.4, -0.2) is 19.3 Å². The van der Waals surface area contributed by atoms with Crippen molar-refractivity contribution in [2.45, 2.75) is 24.6 Å². The topological polar surface area (TPSA) is 61.6 Å². The van der Waals surface area contributed by atoms with E-state index in [-0.39, 0.29) is 0 Å². The number of hydrogen-bond acceptors (Lipinski definition) is 3. The van der Waals surface area contributed by atoms with E-state index >= 15 is 0 Å². The maximum absolute atomic E-state index is 10.3. The molecule has 0 saturated carbocycles. The highest BCUT2D eigenvalue weighted by Crippen LogP contribution is 2.24. The molecule has 1 rings (SSSR count). The molecule has 0 aromatic heterocycles. The third-order valence-electron chi connectivity index (χ3n) is 2.46. The first-order valence-corrected chi connectivity index (χ1v) is 7.53. The molecule has 0 aliphatic carbocycles. The van der Waals surface area contributed by atoms with Crippen molar-refractivity contribution in [1.82, 2.24) is 0 Å². The number of benzene rings is 1. The fraction of sp³-hybridized carbons (Fsp3) is 0.462. The van der Waals surface area contributed by atoms with Crippen LogP contribution in [0.5, 0.6) is 5.75 Å². The van der Waals surface area contributed by atoms with E-state index in [1.54, 1.807) is 0 Å². The van der Waals surface area contributed by atoms with E-state index < -0.39 is 6.09 Å². The summed E-state index contributed by atoms with van der Waals surface area (Å²) in [4.78, 5) is 10.3. The molecule has 2 N–H and O–H groups in total. The fourth-order valence-corrected chi connectivity index (χ4v) is 2.30. The molecular weight excluding hydrogens is 334 g/mol. The molecule has 1 aromatic carbocycles. The second kappa shape index (κ2) is 9.04. The molecule has 19 heavy (non-hydrogen) atoms. The van der Waals surface area contributed by atoms with Gasteiger partial charge in [-0.2, -0.15) is 0 Å². The van der Waals surface area contributed by atoms with Crippen LogP contribution in [0.4, 0.5) is 4.79 Å². The molecule has 0 heterocycles. The lowest BCUT2D eigenvalue weighted by molar-refractivity contribution is 0.153. The van der Waals surface area contributed by atoms with E-state index in [4.69, 9.17) is 22.1 Å². The van der Waals surface area contributed by atoms with Crippen molar-refractivity contribution in [2.24, 2.45) is 5.73 Å². The summed E-state index contributed by atoms with van der Waals surface area (Å²) in [6.45, 7) is 0.990. The van der Waals surface area contributed by atoms with E-state index in [1.165, 1.54) is 0 Å². The van der Waals surface area contributed by atoms with Crippen molar-refractivity contribution >= 4 is 33.6 Å². The number of primary amides is 1. The molecule has 4 nitrogen and oxygen atoms in total. The monoisotopic (exact) mass is 349 g/mol. The Morgan fingerprint density at radius 1 is 1.26 bits per heavy atom. The molecule has 0 atom stereocenters. The number of alkyl halides is 1. The van der Waals surface area contributed by atoms with Gasteiger partial charge in [0.15, 0.2) is 0 Å². The maximum Gasteiger partial charge on any atom is 0.404 e. The molecule has 0 bridgehead atoms. The van der Waals surface area contributed by atoms with Gasteiger partial charge in [0.2, 0.25) is 0 Å². The number of nitrogens with two attached hydrogens (primary N) is 1. The number of carbonyl (C=O) groups excluding carboxylic acids is 1. The van der Waals surface area contributed by atoms with E-state index in [2.05, 4.69) is 20.7 Å². The van der Waals surface area contributed by atoms with E-state index in [0.717, 1.165) is 35.6 Å². The van der Waals surface area contributed by atoms with Crippen molar-refractivity contribution in [1.29, 1.82) is 0 Å². The standard InChI is InChI=1S/C13H17BrClNO3/c14-9-10-8-11(4-5-12(10)15)18-6-2-1-3-7-19-13(16)17/h4-5,8H,1-3,6-7,9H2,(H2,16,17). The van der Waals surface area contributed by atoms with Gasteiger partial charge < -0.3 is 15.2 Å². The van der Waals surface area contributed by atoms with Crippen LogP contribution in [0.25, 0.3) is 0 Å². The Kier molecular flexibility index (Phi) is 7.67. The van der Waals surface area contributed by atoms with Gasteiger partial charge in [0.25, 0.3) is 0 Å². The Bertz CT molecular complexity index is 415. The lowest BCUT2D eigenvalue weighted by Gasteiger charge is -2.08. The first kappa shape index (κ1) is 16.1. The summed E-state index contributed by atoms with van der Waals surface area (Å²) in [5, 5.41) is 1.43. The molecule has 1 amide bonds. The van der Waals surface area contributed by atoms with Crippen molar-refractivity contribution in [2.75, 3.05) is 13.2 Å². The highest BCUT2D eigenvalue weighted by Gasteiger charge is 2.01. The second-order valence-electron chi connectivity index (χ2n) is 3.96. The van der Waals surface area contributed by atoms with Gasteiger partial charge in [0.05, 0.1) is 13.2 Å². The summed E-state index contributed by atoms with van der Waals surface area (Å²) in [6, 6.07) is 5.60. The first-order chi connectivity index (χ1) is 9.13. The largest absolute Gasteiger partial charge is 0.494 e. The number of carbonyl (C=O) groups is 1. The zero-order valence-electron chi connectivity index (χ0n) is 10.5. The molecule has 0 spiro atoms. The van der Waals surface area contributed by atoms with Gasteiger partial charge in [-0.25, -0.2) is 4.79 Å². The molecule has 0 unspecified atom stereocenters. The average Bonchev–Trinajstić information content (AvgIpc) is 2.39. The summed E-state index contributed by atoms with van der Waals surface area (Å²) in [7, 11) is 0. The Hall–Kier alpha value is -0.940. The normalized spacial score (nSPS) is 10.2. The molecule has 0 aliphatic rings. The smallest absolute Gasteiger partial charge is 0.404 e. The highest BCUT2D eigenvalue weighted by atomic mass is 79.9. The lowest BCUT2D eigenvalue weighted by atomic mass is 10.2. The van der Waals surface area contributed by atoms with Crippen LogP contribution >= 0.6 is 27.5 Å². The minimum Gasteiger partial charge on any atom is -0.494 e. The number of ether oxygens (including phenoxy) is 2. The van der Waals surface area contributed by atoms with Gasteiger partial charge in [-0.15, -0.1) is 0 Å². The minimum atomic E-state index is -0.722. The second-order valence-corrected chi connectivity index (χ2v) is 4.93. The number of amides is 1. The number of halogens is 2. The predicted octanol–water partition coefficient (Wildman–Crippen LogP) is 3.88. The van der Waals surface area contributed by atoms with Crippen molar-refractivity contribution < 1.29 is 14.3 Å². The van der Waals surface area contributed by atoms with Gasteiger partial charge in [-0.05, 0) is 43.0 Å². The number of rotatable bonds is 8. The van der Waals surface area contributed by atoms with Crippen LogP contribution in [-0.2, 0) is 10.1 Å². The summed E-state index contributed by atoms with van der Waals surface area (Å²) >= 11 is 9.38. The Labute approximate surface area is 126 Å². The molecule has 0 fully saturated rings. The number of unbranched alkanes of at least 4 members (excludes halogenated alkanes) is 2. The van der Waals surface area contributed by atoms with E-state index in [1.807, 2.05) is 18.2 Å². The van der Waals surface area contributed by atoms with E-state index in [0.29, 0.717) is 18.5 Å². The minimum absolute atomic E-state index is 0.365. The van der Waals surface area contributed by atoms with Gasteiger partial charge in [0, 0.05) is 10.4 Å². The van der Waals surface area contributed by atoms with Gasteiger partial charge in [-0.3, -0.25) is 0 Å².